The van der Waals surface area contributed by atoms with Gasteiger partial charge in [-0.2, -0.15) is 0 Å². The molecule has 0 spiro atoms. The smallest absolute Gasteiger partial charge is 0.336 e. The van der Waals surface area contributed by atoms with Crippen molar-refractivity contribution < 1.29 is 44.4 Å². The van der Waals surface area contributed by atoms with Crippen molar-refractivity contribution in [3.63, 3.8) is 0 Å². The molecule has 25 heavy (non-hydrogen) atoms. The summed E-state index contributed by atoms with van der Waals surface area (Å²) in [6.45, 7) is 0. The van der Waals surface area contributed by atoms with Gasteiger partial charge in [-0.15, -0.1) is 0 Å². The molecule has 0 aliphatic rings. The van der Waals surface area contributed by atoms with Gasteiger partial charge in [0.1, 0.15) is 0 Å². The summed E-state index contributed by atoms with van der Waals surface area (Å²) in [5.74, 6) is -6.16. The molecule has 0 bridgehead atoms. The van der Waals surface area contributed by atoms with Crippen LogP contribution in [0.1, 0.15) is 33.6 Å². The number of carbonyl (C=O) groups is 5. The van der Waals surface area contributed by atoms with E-state index in [0.29, 0.717) is 0 Å². The Bertz CT molecular complexity index is 654. The molecule has 0 aromatic heterocycles. The van der Waals surface area contributed by atoms with Gasteiger partial charge >= 0.3 is 17.9 Å². The van der Waals surface area contributed by atoms with Crippen LogP contribution in [0.4, 0.5) is 0 Å². The summed E-state index contributed by atoms with van der Waals surface area (Å²) in [4.78, 5) is 51.8. The number of aliphatic hydroxyl groups is 1. The minimum Gasteiger partial charge on any atom is -0.481 e. The number of amides is 2. The molecule has 0 aliphatic heterocycles. The van der Waals surface area contributed by atoms with Gasteiger partial charge in [-0.3, -0.25) is 19.2 Å². The highest BCUT2D eigenvalue weighted by atomic mass is 16.4. The predicted octanol–water partition coefficient (Wildman–Crippen LogP) is -1.36. The second-order valence-electron chi connectivity index (χ2n) is 4.79. The van der Waals surface area contributed by atoms with E-state index in [1.165, 1.54) is 18.2 Å². The summed E-state index contributed by atoms with van der Waals surface area (Å²) >= 11 is 0. The van der Waals surface area contributed by atoms with E-state index in [0.717, 1.165) is 0 Å². The van der Waals surface area contributed by atoms with Crippen LogP contribution in [-0.2, 0) is 14.4 Å². The zero-order chi connectivity index (χ0) is 19.8. The largest absolute Gasteiger partial charge is 0.481 e. The van der Waals surface area contributed by atoms with Crippen LogP contribution in [0, 0.1) is 0 Å². The monoisotopic (exact) mass is 356 g/mol. The van der Waals surface area contributed by atoms with Crippen molar-refractivity contribution in [2.45, 2.75) is 18.4 Å². The van der Waals surface area contributed by atoms with Crippen molar-refractivity contribution in [1.29, 1.82) is 0 Å². The Morgan fingerprint density at radius 2 is 1.20 bits per heavy atom. The molecule has 0 radical (unpaired) electrons. The van der Waals surface area contributed by atoms with Crippen molar-refractivity contribution >= 4 is 29.7 Å². The highest BCUT2D eigenvalue weighted by Crippen LogP contribution is 2.15. The number of carboxylic acids is 3. The Kier molecular flexibility index (Phi) is 7.73. The lowest BCUT2D eigenvalue weighted by Gasteiger charge is -2.18. The molecule has 1 aromatic carbocycles. The lowest BCUT2D eigenvalue weighted by atomic mass is 9.96. The van der Waals surface area contributed by atoms with Crippen molar-refractivity contribution in [1.82, 2.24) is 0 Å². The van der Waals surface area contributed by atoms with Crippen LogP contribution in [0.15, 0.2) is 24.3 Å². The van der Waals surface area contributed by atoms with Gasteiger partial charge in [-0.25, -0.2) is 4.79 Å². The van der Waals surface area contributed by atoms with Gasteiger partial charge in [0.25, 0.3) is 0 Å². The topological polar surface area (TPSA) is 218 Å². The summed E-state index contributed by atoms with van der Waals surface area (Å²) in [7, 11) is 0. The first-order chi connectivity index (χ1) is 11.4. The quantitative estimate of drug-likeness (QED) is 0.339. The van der Waals surface area contributed by atoms with E-state index in [2.05, 4.69) is 0 Å². The second-order valence-corrected chi connectivity index (χ2v) is 4.79. The molecule has 0 fully saturated rings. The van der Waals surface area contributed by atoms with Gasteiger partial charge in [-0.05, 0) is 18.2 Å². The third-order valence-corrected chi connectivity index (χ3v) is 2.72. The van der Waals surface area contributed by atoms with Gasteiger partial charge < -0.3 is 31.9 Å². The van der Waals surface area contributed by atoms with E-state index in [1.807, 2.05) is 0 Å². The van der Waals surface area contributed by atoms with Crippen LogP contribution < -0.4 is 11.5 Å². The lowest BCUT2D eigenvalue weighted by Crippen LogP contribution is -2.42. The number of aliphatic carboxylic acids is 3. The maximum atomic E-state index is 10.6. The normalized spacial score (nSPS) is 10.1. The van der Waals surface area contributed by atoms with E-state index in [4.69, 9.17) is 31.9 Å². The Morgan fingerprint density at radius 1 is 0.840 bits per heavy atom. The van der Waals surface area contributed by atoms with Crippen molar-refractivity contribution in [2.75, 3.05) is 0 Å². The third kappa shape index (κ3) is 7.56. The van der Waals surface area contributed by atoms with Gasteiger partial charge in [-0.1, -0.05) is 6.07 Å². The second kappa shape index (κ2) is 8.98. The SMILES string of the molecule is NC(=O)c1cccc(C(N)=O)c1.O=C(O)CC(O)(CC(=O)O)C(=O)O. The fourth-order valence-corrected chi connectivity index (χ4v) is 1.54. The van der Waals surface area contributed by atoms with Gasteiger partial charge in [0.05, 0.1) is 12.8 Å². The summed E-state index contributed by atoms with van der Waals surface area (Å²) in [6.07, 6.45) is -2.29. The third-order valence-electron chi connectivity index (χ3n) is 2.72. The highest BCUT2D eigenvalue weighted by Gasteiger charge is 2.40. The number of rotatable bonds is 7. The Morgan fingerprint density at radius 3 is 1.44 bits per heavy atom. The zero-order valence-corrected chi connectivity index (χ0v) is 12.7. The van der Waals surface area contributed by atoms with Gasteiger partial charge in [0.2, 0.25) is 11.8 Å². The molecule has 8 N–H and O–H groups in total. The molecule has 0 aliphatic carbocycles. The number of benzene rings is 1. The molecule has 0 saturated heterocycles. The van der Waals surface area contributed by atoms with E-state index in [1.54, 1.807) is 6.07 Å². The average Bonchev–Trinajstić information content (AvgIpc) is 2.46. The fourth-order valence-electron chi connectivity index (χ4n) is 1.54. The van der Waals surface area contributed by atoms with Crippen molar-refractivity contribution in [2.24, 2.45) is 11.5 Å². The van der Waals surface area contributed by atoms with Crippen LogP contribution in [0.2, 0.25) is 0 Å². The summed E-state index contributed by atoms with van der Waals surface area (Å²) in [5, 5.41) is 33.8. The van der Waals surface area contributed by atoms with Crippen LogP contribution in [0.25, 0.3) is 0 Å². The number of carbonyl (C=O) groups excluding carboxylic acids is 2. The van der Waals surface area contributed by atoms with Crippen molar-refractivity contribution in [3.8, 4) is 0 Å². The molecule has 11 nitrogen and oxygen atoms in total. The van der Waals surface area contributed by atoms with Gasteiger partial charge in [0.15, 0.2) is 5.60 Å². The van der Waals surface area contributed by atoms with E-state index in [9.17, 15) is 24.0 Å². The molecular weight excluding hydrogens is 340 g/mol. The van der Waals surface area contributed by atoms with Crippen LogP contribution >= 0.6 is 0 Å². The molecule has 0 saturated carbocycles. The molecule has 0 heterocycles. The molecule has 0 atom stereocenters. The first-order valence-electron chi connectivity index (χ1n) is 6.48. The molecule has 136 valence electrons. The average molecular weight is 356 g/mol. The van der Waals surface area contributed by atoms with E-state index < -0.39 is 48.2 Å². The minimum atomic E-state index is -2.74. The number of primary amides is 2. The number of nitrogens with two attached hydrogens (primary N) is 2. The maximum Gasteiger partial charge on any atom is 0.336 e. The number of hydrogen-bond acceptors (Lipinski definition) is 6. The summed E-state index contributed by atoms with van der Waals surface area (Å²) < 4.78 is 0. The fraction of sp³-hybridized carbons (Fsp3) is 0.214. The summed E-state index contributed by atoms with van der Waals surface area (Å²) in [6, 6.07) is 5.97. The zero-order valence-electron chi connectivity index (χ0n) is 12.7. The van der Waals surface area contributed by atoms with Crippen LogP contribution in [0.5, 0.6) is 0 Å². The number of hydrogen-bond donors (Lipinski definition) is 6. The Hall–Kier alpha value is -3.47. The van der Waals surface area contributed by atoms with Crippen LogP contribution in [0.3, 0.4) is 0 Å². The van der Waals surface area contributed by atoms with Crippen LogP contribution in [-0.4, -0.2) is 55.7 Å². The first kappa shape index (κ1) is 21.5. The molecular formula is C14H16N2O9. The van der Waals surface area contributed by atoms with E-state index in [-0.39, 0.29) is 11.1 Å². The summed E-state index contributed by atoms with van der Waals surface area (Å²) in [5.41, 5.74) is 7.81. The number of carboxylic acid groups (broad SMARTS) is 3. The standard InChI is InChI=1S/C8H8N2O2.C6H8O7/c9-7(11)5-2-1-3-6(4-5)8(10)12;7-3(8)1-6(13,5(11)12)2-4(9)10/h1-4H,(H2,9,11)(H2,10,12);13H,1-2H2,(H,7,8)(H,9,10)(H,11,12). The molecule has 11 heteroatoms. The van der Waals surface area contributed by atoms with E-state index >= 15 is 0 Å². The predicted molar refractivity (Wildman–Crippen MR) is 80.6 cm³/mol. The maximum absolute atomic E-state index is 10.6. The molecule has 2 amide bonds. The molecule has 1 aromatic rings. The minimum absolute atomic E-state index is 0.284. The lowest BCUT2D eigenvalue weighted by molar-refractivity contribution is -0.170. The molecule has 0 unspecified atom stereocenters. The van der Waals surface area contributed by atoms with Crippen molar-refractivity contribution in [3.05, 3.63) is 35.4 Å². The highest BCUT2D eigenvalue weighted by molar-refractivity contribution is 5.98. The molecule has 1 rings (SSSR count). The Balaban J connectivity index is 0.000000462. The Labute approximate surface area is 140 Å². The van der Waals surface area contributed by atoms with Gasteiger partial charge in [0, 0.05) is 11.1 Å². The first-order valence-corrected chi connectivity index (χ1v) is 6.48.